The Hall–Kier alpha value is -6.07. The van der Waals surface area contributed by atoms with Crippen molar-refractivity contribution in [3.05, 3.63) is 146 Å². The third-order valence-electron chi connectivity index (χ3n) is 8.26. The first kappa shape index (κ1) is 24.5. The smallest absolute Gasteiger partial charge is 0.238 e. The van der Waals surface area contributed by atoms with E-state index in [4.69, 9.17) is 19.4 Å². The number of furan rings is 1. The molecular weight excluding hydrogens is 540 g/mol. The maximum absolute atomic E-state index is 6.36. The van der Waals surface area contributed by atoms with Crippen LogP contribution in [-0.2, 0) is 0 Å². The van der Waals surface area contributed by atoms with Crippen LogP contribution in [-0.4, -0.2) is 19.5 Å². The van der Waals surface area contributed by atoms with Crippen LogP contribution in [0.15, 0.2) is 150 Å². The molecule has 5 nitrogen and oxygen atoms in total. The van der Waals surface area contributed by atoms with Gasteiger partial charge in [-0.05, 0) is 35.4 Å². The molecule has 0 aliphatic heterocycles. The van der Waals surface area contributed by atoms with Crippen molar-refractivity contribution in [1.82, 2.24) is 19.5 Å². The summed E-state index contributed by atoms with van der Waals surface area (Å²) < 4.78 is 8.56. The zero-order valence-corrected chi connectivity index (χ0v) is 23.6. The zero-order valence-electron chi connectivity index (χ0n) is 23.6. The molecule has 206 valence electrons. The molecule has 0 radical (unpaired) electrons. The fourth-order valence-electron chi connectivity index (χ4n) is 6.23. The quantitative estimate of drug-likeness (QED) is 0.213. The van der Waals surface area contributed by atoms with Crippen LogP contribution in [0.1, 0.15) is 0 Å². The van der Waals surface area contributed by atoms with E-state index in [2.05, 4.69) is 71.3 Å². The number of hydrogen-bond acceptors (Lipinski definition) is 4. The first-order valence-electron chi connectivity index (χ1n) is 14.6. The van der Waals surface area contributed by atoms with Gasteiger partial charge in [0.15, 0.2) is 11.6 Å². The average molecular weight is 565 g/mol. The first-order chi connectivity index (χ1) is 21.8. The first-order valence-corrected chi connectivity index (χ1v) is 14.6. The third kappa shape index (κ3) is 3.83. The van der Waals surface area contributed by atoms with Gasteiger partial charge >= 0.3 is 0 Å². The van der Waals surface area contributed by atoms with Crippen LogP contribution in [0.2, 0.25) is 0 Å². The summed E-state index contributed by atoms with van der Waals surface area (Å²) >= 11 is 0. The minimum Gasteiger partial charge on any atom is -0.456 e. The molecular formula is C39H24N4O. The van der Waals surface area contributed by atoms with Gasteiger partial charge in [-0.25, -0.2) is 4.98 Å². The molecule has 3 aromatic heterocycles. The Bertz CT molecular complexity index is 2420. The number of para-hydroxylation sites is 1. The molecule has 6 aromatic carbocycles. The van der Waals surface area contributed by atoms with Crippen molar-refractivity contribution in [3.63, 3.8) is 0 Å². The van der Waals surface area contributed by atoms with E-state index in [0.29, 0.717) is 17.6 Å². The Labute approximate surface area is 252 Å². The lowest BCUT2D eigenvalue weighted by molar-refractivity contribution is 0.669. The van der Waals surface area contributed by atoms with Crippen molar-refractivity contribution < 1.29 is 4.42 Å². The van der Waals surface area contributed by atoms with Crippen LogP contribution < -0.4 is 0 Å². The maximum Gasteiger partial charge on any atom is 0.238 e. The molecule has 0 saturated heterocycles. The zero-order chi connectivity index (χ0) is 29.0. The molecule has 0 aliphatic carbocycles. The molecule has 0 aliphatic rings. The van der Waals surface area contributed by atoms with Gasteiger partial charge in [0, 0.05) is 27.3 Å². The summed E-state index contributed by atoms with van der Waals surface area (Å²) in [5, 5.41) is 4.33. The normalized spacial score (nSPS) is 11.6. The van der Waals surface area contributed by atoms with E-state index in [0.717, 1.165) is 66.0 Å². The van der Waals surface area contributed by atoms with Crippen molar-refractivity contribution in [1.29, 1.82) is 0 Å². The average Bonchev–Trinajstić information content (AvgIpc) is 3.64. The van der Waals surface area contributed by atoms with E-state index >= 15 is 0 Å². The van der Waals surface area contributed by atoms with Crippen LogP contribution in [0.25, 0.3) is 83.6 Å². The van der Waals surface area contributed by atoms with Gasteiger partial charge in [-0.1, -0.05) is 121 Å². The molecule has 44 heavy (non-hydrogen) atoms. The summed E-state index contributed by atoms with van der Waals surface area (Å²) in [6.07, 6.45) is 0. The minimum absolute atomic E-state index is 0.556. The summed E-state index contributed by atoms with van der Waals surface area (Å²) in [7, 11) is 0. The summed E-state index contributed by atoms with van der Waals surface area (Å²) in [4.78, 5) is 15.3. The lowest BCUT2D eigenvalue weighted by Gasteiger charge is -2.12. The molecule has 0 fully saturated rings. The highest BCUT2D eigenvalue weighted by Gasteiger charge is 2.22. The molecule has 0 saturated carbocycles. The topological polar surface area (TPSA) is 56.7 Å². The second kappa shape index (κ2) is 9.75. The Morgan fingerprint density at radius 2 is 1.02 bits per heavy atom. The fraction of sp³-hybridized carbons (Fsp3) is 0. The van der Waals surface area contributed by atoms with Crippen LogP contribution in [0, 0.1) is 0 Å². The van der Waals surface area contributed by atoms with Gasteiger partial charge in [-0.2, -0.15) is 9.97 Å². The minimum atomic E-state index is 0.556. The molecule has 0 bridgehead atoms. The Morgan fingerprint density at radius 3 is 1.70 bits per heavy atom. The monoisotopic (exact) mass is 564 g/mol. The number of hydrogen-bond donors (Lipinski definition) is 0. The van der Waals surface area contributed by atoms with E-state index in [1.165, 1.54) is 0 Å². The van der Waals surface area contributed by atoms with Crippen LogP contribution >= 0.6 is 0 Å². The summed E-state index contributed by atoms with van der Waals surface area (Å²) in [5.41, 5.74) is 7.83. The predicted octanol–water partition coefficient (Wildman–Crippen LogP) is 9.87. The SMILES string of the molecule is c1ccc(-c2ccc3c4ccc5oc6ccccc6c5c4n(-c4nc(-c5ccccc5)nc(-c5ccccc5)n4)c3c2)cc1. The van der Waals surface area contributed by atoms with Gasteiger partial charge in [0.05, 0.1) is 16.4 Å². The van der Waals surface area contributed by atoms with Crippen LogP contribution in [0.3, 0.4) is 0 Å². The molecule has 3 heterocycles. The molecule has 0 N–H and O–H groups in total. The summed E-state index contributed by atoms with van der Waals surface area (Å²) in [5.74, 6) is 1.79. The van der Waals surface area contributed by atoms with Crippen LogP contribution in [0.5, 0.6) is 0 Å². The van der Waals surface area contributed by atoms with Crippen molar-refractivity contribution in [2.75, 3.05) is 0 Å². The largest absolute Gasteiger partial charge is 0.456 e. The number of benzene rings is 6. The molecule has 0 spiro atoms. The van der Waals surface area contributed by atoms with Gasteiger partial charge in [-0.3, -0.25) is 4.57 Å². The molecule has 0 unspecified atom stereocenters. The lowest BCUT2D eigenvalue weighted by atomic mass is 10.0. The highest BCUT2D eigenvalue weighted by Crippen LogP contribution is 2.41. The Balaban J connectivity index is 1.45. The number of aromatic nitrogens is 4. The Kier molecular flexibility index (Phi) is 5.43. The molecule has 5 heteroatoms. The highest BCUT2D eigenvalue weighted by molar-refractivity contribution is 6.24. The molecule has 9 rings (SSSR count). The summed E-state index contributed by atoms with van der Waals surface area (Å²) in [6, 6.07) is 49.7. The van der Waals surface area contributed by atoms with Crippen molar-refractivity contribution >= 4 is 43.7 Å². The number of nitrogens with zero attached hydrogens (tertiary/aromatic N) is 4. The van der Waals surface area contributed by atoms with E-state index < -0.39 is 0 Å². The van der Waals surface area contributed by atoms with Gasteiger partial charge < -0.3 is 4.42 Å². The number of rotatable bonds is 4. The van der Waals surface area contributed by atoms with Crippen LogP contribution in [0.4, 0.5) is 0 Å². The number of fused-ring (bicyclic) bond motifs is 7. The van der Waals surface area contributed by atoms with Gasteiger partial charge in [0.25, 0.3) is 0 Å². The maximum atomic E-state index is 6.36. The second-order valence-corrected chi connectivity index (χ2v) is 10.9. The highest BCUT2D eigenvalue weighted by atomic mass is 16.3. The van der Waals surface area contributed by atoms with Gasteiger partial charge in [-0.15, -0.1) is 0 Å². The van der Waals surface area contributed by atoms with Crippen molar-refractivity contribution in [2.24, 2.45) is 0 Å². The lowest BCUT2D eigenvalue weighted by Crippen LogP contribution is -2.06. The van der Waals surface area contributed by atoms with E-state index in [-0.39, 0.29) is 0 Å². The van der Waals surface area contributed by atoms with Gasteiger partial charge in [0.2, 0.25) is 5.95 Å². The molecule has 9 aromatic rings. The molecule has 0 atom stereocenters. The van der Waals surface area contributed by atoms with E-state index in [9.17, 15) is 0 Å². The van der Waals surface area contributed by atoms with Gasteiger partial charge in [0.1, 0.15) is 11.2 Å². The van der Waals surface area contributed by atoms with Crippen molar-refractivity contribution in [3.8, 4) is 39.9 Å². The van der Waals surface area contributed by atoms with Crippen molar-refractivity contribution in [2.45, 2.75) is 0 Å². The van der Waals surface area contributed by atoms with E-state index in [1.807, 2.05) is 78.9 Å². The van der Waals surface area contributed by atoms with E-state index in [1.54, 1.807) is 0 Å². The summed E-state index contributed by atoms with van der Waals surface area (Å²) in [6.45, 7) is 0. The standard InChI is InChI=1S/C39H24N4O/c1-4-12-25(13-5-1)28-20-21-29-30-22-23-34-35(31-18-10-11-19-33(31)44-34)36(30)43(32(29)24-28)39-41-37(26-14-6-2-7-15-26)40-38(42-39)27-16-8-3-9-17-27/h1-24H. The fourth-order valence-corrected chi connectivity index (χ4v) is 6.23. The Morgan fingerprint density at radius 1 is 0.432 bits per heavy atom. The third-order valence-corrected chi connectivity index (χ3v) is 8.26. The molecule has 0 amide bonds. The second-order valence-electron chi connectivity index (χ2n) is 10.9. The predicted molar refractivity (Wildman–Crippen MR) is 178 cm³/mol.